The molecule has 0 aromatic heterocycles. The van der Waals surface area contributed by atoms with Crippen molar-refractivity contribution in [2.45, 2.75) is 92.0 Å². The van der Waals surface area contributed by atoms with E-state index in [0.717, 1.165) is 25.3 Å². The second kappa shape index (κ2) is 14.1. The van der Waals surface area contributed by atoms with Crippen molar-refractivity contribution in [3.8, 4) is 5.75 Å². The second-order valence-corrected chi connectivity index (χ2v) is 7.93. The molecule has 1 rings (SSSR count). The van der Waals surface area contributed by atoms with Crippen LogP contribution in [-0.4, -0.2) is 30.7 Å². The summed E-state index contributed by atoms with van der Waals surface area (Å²) in [6, 6.07) is 8.89. The molecule has 1 aromatic rings. The van der Waals surface area contributed by atoms with Crippen molar-refractivity contribution in [3.63, 3.8) is 0 Å². The smallest absolute Gasteiger partial charge is 0.119 e. The predicted octanol–water partition coefficient (Wildman–Crippen LogP) is 6.97. The van der Waals surface area contributed by atoms with Crippen LogP contribution < -0.4 is 4.74 Å². The maximum absolute atomic E-state index is 6.00. The van der Waals surface area contributed by atoms with Gasteiger partial charge in [-0.3, -0.25) is 0 Å². The lowest BCUT2D eigenvalue weighted by molar-refractivity contribution is -0.941. The van der Waals surface area contributed by atoms with Crippen LogP contribution in [0.25, 0.3) is 0 Å². The van der Waals surface area contributed by atoms with E-state index in [1.54, 1.807) is 0 Å². The number of quaternary nitrogens is 1. The summed E-state index contributed by atoms with van der Waals surface area (Å²) in [5, 5.41) is 0. The number of ether oxygens (including phenoxy) is 1. The summed E-state index contributed by atoms with van der Waals surface area (Å²) in [4.78, 5) is 0. The number of unbranched alkanes of at least 4 members (excludes halogenated alkanes) is 5. The molecule has 0 N–H and O–H groups in total. The summed E-state index contributed by atoms with van der Waals surface area (Å²) in [7, 11) is 0. The van der Waals surface area contributed by atoms with Crippen molar-refractivity contribution < 1.29 is 9.22 Å². The first-order valence-electron chi connectivity index (χ1n) is 11.3. The minimum atomic E-state index is 0.846. The lowest BCUT2D eigenvalue weighted by atomic mass is 10.1. The molecule has 0 aliphatic rings. The first-order valence-corrected chi connectivity index (χ1v) is 11.3. The Balaban J connectivity index is 2.82. The third-order valence-corrected chi connectivity index (χ3v) is 5.39. The van der Waals surface area contributed by atoms with Crippen LogP contribution >= 0.6 is 0 Å². The molecule has 2 nitrogen and oxygen atoms in total. The van der Waals surface area contributed by atoms with Crippen LogP contribution in [0.1, 0.15) is 91.0 Å². The van der Waals surface area contributed by atoms with Crippen LogP contribution in [-0.2, 0) is 6.54 Å². The monoisotopic (exact) mass is 362 g/mol. The standard InChI is InChI=1S/C24H44NO/c1-5-9-13-20-26-24-16-14-15-23(21-24)22-25(17-10-6-2,18-11-7-3)19-12-8-4/h14-16,21H,5-13,17-20,22H2,1-4H3/q+1. The summed E-state index contributed by atoms with van der Waals surface area (Å²) in [6.07, 6.45) is 11.5. The number of hydrogen-bond donors (Lipinski definition) is 0. The fourth-order valence-electron chi connectivity index (χ4n) is 3.72. The Morgan fingerprint density at radius 2 is 1.31 bits per heavy atom. The fourth-order valence-corrected chi connectivity index (χ4v) is 3.72. The Morgan fingerprint density at radius 3 is 1.85 bits per heavy atom. The molecule has 0 bridgehead atoms. The van der Waals surface area contributed by atoms with E-state index in [0.29, 0.717) is 0 Å². The Kier molecular flexibility index (Phi) is 12.5. The van der Waals surface area contributed by atoms with Crippen LogP contribution in [0.5, 0.6) is 5.75 Å². The van der Waals surface area contributed by atoms with Gasteiger partial charge in [0, 0.05) is 5.56 Å². The molecule has 0 radical (unpaired) electrons. The van der Waals surface area contributed by atoms with Crippen LogP contribution in [0.15, 0.2) is 24.3 Å². The van der Waals surface area contributed by atoms with Gasteiger partial charge < -0.3 is 9.22 Å². The Labute approximate surface area is 163 Å². The molecule has 2 heteroatoms. The van der Waals surface area contributed by atoms with E-state index in [2.05, 4.69) is 52.0 Å². The van der Waals surface area contributed by atoms with Crippen LogP contribution in [0, 0.1) is 0 Å². The van der Waals surface area contributed by atoms with E-state index in [4.69, 9.17) is 4.74 Å². The molecule has 0 aliphatic carbocycles. The maximum Gasteiger partial charge on any atom is 0.119 e. The van der Waals surface area contributed by atoms with E-state index in [1.807, 2.05) is 0 Å². The van der Waals surface area contributed by atoms with E-state index in [-0.39, 0.29) is 0 Å². The first-order chi connectivity index (χ1) is 12.7. The van der Waals surface area contributed by atoms with Crippen molar-refractivity contribution in [1.29, 1.82) is 0 Å². The third-order valence-electron chi connectivity index (χ3n) is 5.39. The van der Waals surface area contributed by atoms with Gasteiger partial charge in [0.25, 0.3) is 0 Å². The summed E-state index contributed by atoms with van der Waals surface area (Å²) < 4.78 is 7.26. The number of benzene rings is 1. The zero-order valence-corrected chi connectivity index (χ0v) is 18.1. The van der Waals surface area contributed by atoms with Gasteiger partial charge in [-0.1, -0.05) is 71.9 Å². The molecule has 0 fully saturated rings. The van der Waals surface area contributed by atoms with Crippen molar-refractivity contribution in [2.24, 2.45) is 0 Å². The quantitative estimate of drug-likeness (QED) is 0.228. The zero-order chi connectivity index (χ0) is 19.1. The minimum absolute atomic E-state index is 0.846. The summed E-state index contributed by atoms with van der Waals surface area (Å²) in [6.45, 7) is 15.2. The van der Waals surface area contributed by atoms with Gasteiger partial charge in [0.1, 0.15) is 12.3 Å². The van der Waals surface area contributed by atoms with Gasteiger partial charge in [0.05, 0.1) is 26.2 Å². The molecule has 0 aliphatic heterocycles. The highest BCUT2D eigenvalue weighted by Gasteiger charge is 2.26. The van der Waals surface area contributed by atoms with Gasteiger partial charge in [-0.05, 0) is 37.8 Å². The fraction of sp³-hybridized carbons (Fsp3) is 0.750. The van der Waals surface area contributed by atoms with Gasteiger partial charge >= 0.3 is 0 Å². The van der Waals surface area contributed by atoms with E-state index in [9.17, 15) is 0 Å². The zero-order valence-electron chi connectivity index (χ0n) is 18.1. The van der Waals surface area contributed by atoms with E-state index >= 15 is 0 Å². The highest BCUT2D eigenvalue weighted by Crippen LogP contribution is 2.22. The van der Waals surface area contributed by atoms with Crippen LogP contribution in [0.4, 0.5) is 0 Å². The Bertz CT molecular complexity index is 436. The molecular formula is C24H44NO+. The van der Waals surface area contributed by atoms with Crippen molar-refractivity contribution in [2.75, 3.05) is 26.2 Å². The number of nitrogens with zero attached hydrogens (tertiary/aromatic N) is 1. The molecule has 1 aromatic carbocycles. The molecule has 0 atom stereocenters. The minimum Gasteiger partial charge on any atom is -0.494 e. The molecular weight excluding hydrogens is 318 g/mol. The summed E-state index contributed by atoms with van der Waals surface area (Å²) >= 11 is 0. The number of hydrogen-bond acceptors (Lipinski definition) is 1. The third kappa shape index (κ3) is 9.07. The van der Waals surface area contributed by atoms with E-state index < -0.39 is 0 Å². The van der Waals surface area contributed by atoms with Crippen LogP contribution in [0.2, 0.25) is 0 Å². The first kappa shape index (κ1) is 23.0. The molecule has 150 valence electrons. The van der Waals surface area contributed by atoms with Crippen LogP contribution in [0.3, 0.4) is 0 Å². The molecule has 26 heavy (non-hydrogen) atoms. The molecule has 0 unspecified atom stereocenters. The molecule has 0 amide bonds. The maximum atomic E-state index is 6.00. The summed E-state index contributed by atoms with van der Waals surface area (Å²) in [5.41, 5.74) is 1.45. The van der Waals surface area contributed by atoms with Crippen molar-refractivity contribution >= 4 is 0 Å². The molecule has 0 saturated heterocycles. The SMILES string of the molecule is CCCCCOc1cccc(C[N+](CCCC)(CCCC)CCCC)c1. The average molecular weight is 363 g/mol. The Morgan fingerprint density at radius 1 is 0.731 bits per heavy atom. The summed E-state index contributed by atoms with van der Waals surface area (Å²) in [5.74, 6) is 1.05. The van der Waals surface area contributed by atoms with Gasteiger partial charge in [-0.2, -0.15) is 0 Å². The van der Waals surface area contributed by atoms with E-state index in [1.165, 1.54) is 81.0 Å². The molecule has 0 spiro atoms. The van der Waals surface area contributed by atoms with Gasteiger partial charge in [-0.15, -0.1) is 0 Å². The predicted molar refractivity (Wildman–Crippen MR) is 115 cm³/mol. The van der Waals surface area contributed by atoms with Crippen molar-refractivity contribution in [1.82, 2.24) is 0 Å². The highest BCUT2D eigenvalue weighted by atomic mass is 16.5. The van der Waals surface area contributed by atoms with Gasteiger partial charge in [0.15, 0.2) is 0 Å². The number of rotatable bonds is 16. The molecule has 0 heterocycles. The molecule has 0 saturated carbocycles. The van der Waals surface area contributed by atoms with Gasteiger partial charge in [-0.25, -0.2) is 0 Å². The van der Waals surface area contributed by atoms with Gasteiger partial charge in [0.2, 0.25) is 0 Å². The highest BCUT2D eigenvalue weighted by molar-refractivity contribution is 5.28. The topological polar surface area (TPSA) is 9.23 Å². The second-order valence-electron chi connectivity index (χ2n) is 7.93. The van der Waals surface area contributed by atoms with Crippen molar-refractivity contribution in [3.05, 3.63) is 29.8 Å². The largest absolute Gasteiger partial charge is 0.494 e. The average Bonchev–Trinajstić information content (AvgIpc) is 2.66. The lowest BCUT2D eigenvalue weighted by Crippen LogP contribution is -2.49. The lowest BCUT2D eigenvalue weighted by Gasteiger charge is -2.39. The Hall–Kier alpha value is -1.02. The normalized spacial score (nSPS) is 11.7.